The highest BCUT2D eigenvalue weighted by Crippen LogP contribution is 2.29. The van der Waals surface area contributed by atoms with Gasteiger partial charge in [-0.05, 0) is 46.5 Å². The first-order valence-electron chi connectivity index (χ1n) is 6.12. The van der Waals surface area contributed by atoms with E-state index in [9.17, 15) is 4.79 Å². The van der Waals surface area contributed by atoms with Crippen molar-refractivity contribution in [2.45, 2.75) is 20.3 Å². The predicted octanol–water partition coefficient (Wildman–Crippen LogP) is 4.81. The molecule has 1 aromatic carbocycles. The molecule has 2 aromatic rings. The summed E-state index contributed by atoms with van der Waals surface area (Å²) in [6.07, 6.45) is 0.732. The summed E-state index contributed by atoms with van der Waals surface area (Å²) in [5.41, 5.74) is 1.34. The lowest BCUT2D eigenvalue weighted by molar-refractivity contribution is 0.631. The van der Waals surface area contributed by atoms with Crippen molar-refractivity contribution >= 4 is 43.5 Å². The molecule has 106 valence electrons. The minimum absolute atomic E-state index is 0.183. The van der Waals surface area contributed by atoms with E-state index in [2.05, 4.69) is 55.7 Å². The Hall–Kier alpha value is -0.650. The van der Waals surface area contributed by atoms with Crippen LogP contribution in [0.3, 0.4) is 0 Å². The molecule has 0 atom stereocenters. The molecule has 1 heterocycles. The molecule has 0 spiro atoms. The second-order valence-corrected chi connectivity index (χ2v) is 6.98. The number of hydrogen-bond acceptors (Lipinski definition) is 2. The molecule has 0 aliphatic carbocycles. The fourth-order valence-electron chi connectivity index (χ4n) is 1.83. The number of rotatable bonds is 3. The monoisotopic (exact) mass is 418 g/mol. The molecule has 20 heavy (non-hydrogen) atoms. The second-order valence-electron chi connectivity index (χ2n) is 4.90. The zero-order valence-corrected chi connectivity index (χ0v) is 14.9. The Morgan fingerprint density at radius 3 is 2.70 bits per heavy atom. The van der Waals surface area contributed by atoms with Gasteiger partial charge in [-0.15, -0.1) is 0 Å². The standard InChI is InChI=1S/C14H13Br2ClN2O/c1-7(2)5-11-12(16)14(20)19-13(18-11)9-6-8(17)3-4-10(9)15/h3-4,6-7H,5H2,1-2H3,(H,18,19,20). The van der Waals surface area contributed by atoms with Crippen LogP contribution in [0.2, 0.25) is 5.02 Å². The molecule has 0 radical (unpaired) electrons. The first kappa shape index (κ1) is 15.7. The number of H-pyrrole nitrogens is 1. The largest absolute Gasteiger partial charge is 0.306 e. The van der Waals surface area contributed by atoms with E-state index >= 15 is 0 Å². The van der Waals surface area contributed by atoms with Crippen molar-refractivity contribution in [3.8, 4) is 11.4 Å². The minimum Gasteiger partial charge on any atom is -0.306 e. The van der Waals surface area contributed by atoms with E-state index in [-0.39, 0.29) is 5.56 Å². The number of nitrogens with zero attached hydrogens (tertiary/aromatic N) is 1. The smallest absolute Gasteiger partial charge is 0.265 e. The van der Waals surface area contributed by atoms with Crippen LogP contribution in [0, 0.1) is 5.92 Å². The number of hydrogen-bond donors (Lipinski definition) is 1. The van der Waals surface area contributed by atoms with Crippen LogP contribution in [0.1, 0.15) is 19.5 Å². The van der Waals surface area contributed by atoms with Gasteiger partial charge in [0.2, 0.25) is 0 Å². The van der Waals surface area contributed by atoms with E-state index < -0.39 is 0 Å². The lowest BCUT2D eigenvalue weighted by atomic mass is 10.1. The second kappa shape index (κ2) is 6.41. The third-order valence-electron chi connectivity index (χ3n) is 2.72. The third kappa shape index (κ3) is 3.51. The highest BCUT2D eigenvalue weighted by atomic mass is 79.9. The molecule has 0 fully saturated rings. The maximum absolute atomic E-state index is 12.0. The summed E-state index contributed by atoms with van der Waals surface area (Å²) in [5, 5.41) is 0.596. The molecule has 0 bridgehead atoms. The molecule has 0 saturated carbocycles. The summed E-state index contributed by atoms with van der Waals surface area (Å²) in [6.45, 7) is 4.18. The van der Waals surface area contributed by atoms with E-state index in [1.807, 2.05) is 6.07 Å². The van der Waals surface area contributed by atoms with E-state index in [0.717, 1.165) is 22.2 Å². The van der Waals surface area contributed by atoms with Gasteiger partial charge in [-0.25, -0.2) is 4.98 Å². The van der Waals surface area contributed by atoms with Gasteiger partial charge in [-0.2, -0.15) is 0 Å². The van der Waals surface area contributed by atoms with Gasteiger partial charge < -0.3 is 4.98 Å². The van der Waals surface area contributed by atoms with Gasteiger partial charge in [-0.3, -0.25) is 4.79 Å². The van der Waals surface area contributed by atoms with Gasteiger partial charge in [0, 0.05) is 15.1 Å². The Kier molecular flexibility index (Phi) is 5.04. The lowest BCUT2D eigenvalue weighted by Gasteiger charge is -2.10. The molecule has 1 N–H and O–H groups in total. The maximum atomic E-state index is 12.0. The highest BCUT2D eigenvalue weighted by Gasteiger charge is 2.13. The third-order valence-corrected chi connectivity index (χ3v) is 4.46. The Bertz CT molecular complexity index is 698. The predicted molar refractivity (Wildman–Crippen MR) is 89.2 cm³/mol. The number of nitrogens with one attached hydrogen (secondary N) is 1. The summed E-state index contributed by atoms with van der Waals surface area (Å²) in [7, 11) is 0. The number of benzene rings is 1. The lowest BCUT2D eigenvalue weighted by Crippen LogP contribution is -2.15. The molecule has 0 amide bonds. The van der Waals surface area contributed by atoms with Gasteiger partial charge in [-0.1, -0.05) is 41.4 Å². The normalized spacial score (nSPS) is 11.1. The summed E-state index contributed by atoms with van der Waals surface area (Å²) >= 11 is 12.8. The summed E-state index contributed by atoms with van der Waals surface area (Å²) in [5.74, 6) is 0.930. The van der Waals surface area contributed by atoms with Gasteiger partial charge in [0.05, 0.1) is 5.69 Å². The van der Waals surface area contributed by atoms with Crippen LogP contribution in [0.5, 0.6) is 0 Å². The molecular weight excluding hydrogens is 407 g/mol. The van der Waals surface area contributed by atoms with E-state index in [0.29, 0.717) is 21.2 Å². The van der Waals surface area contributed by atoms with Crippen LogP contribution in [-0.2, 0) is 6.42 Å². The minimum atomic E-state index is -0.183. The van der Waals surface area contributed by atoms with Crippen LogP contribution in [0.25, 0.3) is 11.4 Å². The molecule has 0 unspecified atom stereocenters. The molecule has 2 rings (SSSR count). The van der Waals surface area contributed by atoms with Crippen molar-refractivity contribution in [3.05, 3.63) is 48.2 Å². The van der Waals surface area contributed by atoms with Crippen LogP contribution in [0.4, 0.5) is 0 Å². The Morgan fingerprint density at radius 1 is 1.35 bits per heavy atom. The van der Waals surface area contributed by atoms with Gasteiger partial charge in [0.25, 0.3) is 5.56 Å². The average Bonchev–Trinajstić information content (AvgIpc) is 2.37. The SMILES string of the molecule is CC(C)Cc1nc(-c2cc(Cl)ccc2Br)[nH]c(=O)c1Br. The molecule has 0 saturated heterocycles. The van der Waals surface area contributed by atoms with Crippen LogP contribution in [0.15, 0.2) is 31.9 Å². The molecule has 0 aliphatic heterocycles. The Morgan fingerprint density at radius 2 is 2.05 bits per heavy atom. The van der Waals surface area contributed by atoms with Gasteiger partial charge in [0.15, 0.2) is 0 Å². The van der Waals surface area contributed by atoms with Crippen LogP contribution < -0.4 is 5.56 Å². The zero-order valence-electron chi connectivity index (χ0n) is 11.0. The van der Waals surface area contributed by atoms with Crippen molar-refractivity contribution in [2.75, 3.05) is 0 Å². The molecule has 0 aliphatic rings. The number of aromatic nitrogens is 2. The molecule has 3 nitrogen and oxygen atoms in total. The highest BCUT2D eigenvalue weighted by molar-refractivity contribution is 9.10. The van der Waals surface area contributed by atoms with Crippen molar-refractivity contribution in [1.29, 1.82) is 0 Å². The maximum Gasteiger partial charge on any atom is 0.265 e. The quantitative estimate of drug-likeness (QED) is 0.774. The van der Waals surface area contributed by atoms with Crippen molar-refractivity contribution < 1.29 is 0 Å². The van der Waals surface area contributed by atoms with Crippen LogP contribution >= 0.6 is 43.5 Å². The fraction of sp³-hybridized carbons (Fsp3) is 0.286. The summed E-state index contributed by atoms with van der Waals surface area (Å²) in [6, 6.07) is 5.39. The Labute approximate surface area is 139 Å². The van der Waals surface area contributed by atoms with E-state index in [4.69, 9.17) is 11.6 Å². The molecule has 1 aromatic heterocycles. The summed E-state index contributed by atoms with van der Waals surface area (Å²) in [4.78, 5) is 19.3. The van der Waals surface area contributed by atoms with E-state index in [1.165, 1.54) is 0 Å². The zero-order chi connectivity index (χ0) is 14.9. The number of halogens is 3. The first-order valence-corrected chi connectivity index (χ1v) is 8.09. The van der Waals surface area contributed by atoms with Crippen LogP contribution in [-0.4, -0.2) is 9.97 Å². The van der Waals surface area contributed by atoms with Crippen molar-refractivity contribution in [3.63, 3.8) is 0 Å². The molecular formula is C14H13Br2ClN2O. The van der Waals surface area contributed by atoms with E-state index in [1.54, 1.807) is 12.1 Å². The summed E-state index contributed by atoms with van der Waals surface area (Å²) < 4.78 is 1.33. The van der Waals surface area contributed by atoms with Gasteiger partial charge in [0.1, 0.15) is 10.3 Å². The van der Waals surface area contributed by atoms with Crippen molar-refractivity contribution in [2.24, 2.45) is 5.92 Å². The number of aromatic amines is 1. The molecule has 6 heteroatoms. The first-order chi connectivity index (χ1) is 9.38. The topological polar surface area (TPSA) is 45.8 Å². The van der Waals surface area contributed by atoms with Gasteiger partial charge >= 0.3 is 0 Å². The van der Waals surface area contributed by atoms with Crippen molar-refractivity contribution in [1.82, 2.24) is 9.97 Å². The fourth-order valence-corrected chi connectivity index (χ4v) is 2.79. The Balaban J connectivity index is 2.60. The average molecular weight is 421 g/mol.